The molecule has 1 unspecified atom stereocenters. The van der Waals surface area contributed by atoms with E-state index in [-0.39, 0.29) is 12.1 Å². The van der Waals surface area contributed by atoms with E-state index in [1.807, 2.05) is 6.92 Å². The van der Waals surface area contributed by atoms with E-state index in [1.54, 1.807) is 11.9 Å². The summed E-state index contributed by atoms with van der Waals surface area (Å²) in [4.78, 5) is 26.3. The van der Waals surface area contributed by atoms with Gasteiger partial charge in [0.15, 0.2) is 0 Å². The lowest BCUT2D eigenvalue weighted by Gasteiger charge is -2.31. The molecule has 0 radical (unpaired) electrons. The van der Waals surface area contributed by atoms with Crippen molar-refractivity contribution in [2.75, 3.05) is 13.6 Å². The first-order valence-electron chi connectivity index (χ1n) is 6.25. The molecule has 1 fully saturated rings. The lowest BCUT2D eigenvalue weighted by Crippen LogP contribution is -2.49. The van der Waals surface area contributed by atoms with Gasteiger partial charge in [-0.25, -0.2) is 9.59 Å². The Morgan fingerprint density at radius 1 is 1.53 bits per heavy atom. The number of carboxylic acids is 1. The van der Waals surface area contributed by atoms with Crippen LogP contribution in [0.4, 0.5) is 4.79 Å². The van der Waals surface area contributed by atoms with Crippen LogP contribution in [0.2, 0.25) is 0 Å². The summed E-state index contributed by atoms with van der Waals surface area (Å²) in [5.74, 6) is -0.896. The third kappa shape index (κ3) is 3.11. The van der Waals surface area contributed by atoms with E-state index in [4.69, 9.17) is 5.11 Å². The second-order valence-electron chi connectivity index (χ2n) is 4.72. The maximum atomic E-state index is 12.2. The number of likely N-dealkylation sites (tertiary alicyclic amines) is 1. The number of carbonyl (C=O) groups excluding carboxylic acids is 1. The van der Waals surface area contributed by atoms with Gasteiger partial charge in [-0.05, 0) is 26.2 Å². The molecule has 0 aromatic heterocycles. The minimum Gasteiger partial charge on any atom is -0.480 e. The van der Waals surface area contributed by atoms with Crippen molar-refractivity contribution in [3.8, 4) is 0 Å². The Morgan fingerprint density at radius 2 is 2.18 bits per heavy atom. The molecule has 1 rings (SSSR count). The molecular formula is C12H22N2O3. The fourth-order valence-corrected chi connectivity index (χ4v) is 2.25. The first-order chi connectivity index (χ1) is 7.99. The minimum atomic E-state index is -0.896. The summed E-state index contributed by atoms with van der Waals surface area (Å²) >= 11 is 0. The van der Waals surface area contributed by atoms with E-state index in [9.17, 15) is 9.59 Å². The van der Waals surface area contributed by atoms with Gasteiger partial charge in [0, 0.05) is 19.6 Å². The summed E-state index contributed by atoms with van der Waals surface area (Å²) in [5, 5.41) is 9.04. The van der Waals surface area contributed by atoms with Crippen molar-refractivity contribution in [3.63, 3.8) is 0 Å². The Labute approximate surface area is 102 Å². The molecule has 0 saturated carbocycles. The Morgan fingerprint density at radius 3 is 2.71 bits per heavy atom. The third-order valence-electron chi connectivity index (χ3n) is 3.45. The molecule has 17 heavy (non-hydrogen) atoms. The molecule has 1 N–H and O–H groups in total. The van der Waals surface area contributed by atoms with Gasteiger partial charge in [0.05, 0.1) is 0 Å². The highest BCUT2D eigenvalue weighted by Crippen LogP contribution is 2.20. The second kappa shape index (κ2) is 5.89. The Bertz CT molecular complexity index is 293. The molecule has 1 aliphatic heterocycles. The van der Waals surface area contributed by atoms with Crippen LogP contribution in [0.3, 0.4) is 0 Å². The van der Waals surface area contributed by atoms with Crippen molar-refractivity contribution in [2.45, 2.75) is 51.6 Å². The first kappa shape index (κ1) is 13.8. The van der Waals surface area contributed by atoms with Crippen molar-refractivity contribution >= 4 is 12.0 Å². The lowest BCUT2D eigenvalue weighted by molar-refractivity contribution is -0.141. The maximum Gasteiger partial charge on any atom is 0.326 e. The van der Waals surface area contributed by atoms with Gasteiger partial charge in [0.2, 0.25) is 0 Å². The van der Waals surface area contributed by atoms with E-state index < -0.39 is 12.0 Å². The van der Waals surface area contributed by atoms with Crippen molar-refractivity contribution < 1.29 is 14.7 Å². The van der Waals surface area contributed by atoms with E-state index in [2.05, 4.69) is 6.92 Å². The molecule has 1 aliphatic rings. The number of hydrogen-bond donors (Lipinski definition) is 1. The molecule has 0 bridgehead atoms. The van der Waals surface area contributed by atoms with Gasteiger partial charge >= 0.3 is 12.0 Å². The van der Waals surface area contributed by atoms with Gasteiger partial charge in [0.1, 0.15) is 6.04 Å². The van der Waals surface area contributed by atoms with Crippen LogP contribution in [-0.4, -0.2) is 52.6 Å². The standard InChI is InChI=1S/C12H22N2O3/c1-4-6-9(2)13(3)12(17)14-8-5-7-10(14)11(15)16/h9-10H,4-8H2,1-3H3,(H,15,16)/t9?,10-/m1/s1. The van der Waals surface area contributed by atoms with Crippen LogP contribution in [-0.2, 0) is 4.79 Å². The molecule has 5 nitrogen and oxygen atoms in total. The first-order valence-corrected chi connectivity index (χ1v) is 6.25. The number of aliphatic carboxylic acids is 1. The molecule has 98 valence electrons. The van der Waals surface area contributed by atoms with Gasteiger partial charge in [0.25, 0.3) is 0 Å². The fraction of sp³-hybridized carbons (Fsp3) is 0.833. The number of carbonyl (C=O) groups is 2. The zero-order valence-corrected chi connectivity index (χ0v) is 10.8. The molecule has 0 aromatic rings. The second-order valence-corrected chi connectivity index (χ2v) is 4.72. The largest absolute Gasteiger partial charge is 0.480 e. The van der Waals surface area contributed by atoms with Crippen LogP contribution in [0.15, 0.2) is 0 Å². The Hall–Kier alpha value is -1.26. The quantitative estimate of drug-likeness (QED) is 0.817. The molecule has 1 heterocycles. The summed E-state index contributed by atoms with van der Waals surface area (Å²) < 4.78 is 0. The Balaban J connectivity index is 2.65. The summed E-state index contributed by atoms with van der Waals surface area (Å²) in [5.41, 5.74) is 0. The summed E-state index contributed by atoms with van der Waals surface area (Å²) in [6.45, 7) is 4.62. The SMILES string of the molecule is CCCC(C)N(C)C(=O)N1CCC[C@@H]1C(=O)O. The van der Waals surface area contributed by atoms with Crippen molar-refractivity contribution in [1.82, 2.24) is 9.80 Å². The van der Waals surface area contributed by atoms with Crippen LogP contribution in [0.5, 0.6) is 0 Å². The van der Waals surface area contributed by atoms with Gasteiger partial charge < -0.3 is 14.9 Å². The zero-order chi connectivity index (χ0) is 13.0. The monoisotopic (exact) mass is 242 g/mol. The van der Waals surface area contributed by atoms with Gasteiger partial charge in [-0.1, -0.05) is 13.3 Å². The molecule has 0 aromatic carbocycles. The van der Waals surface area contributed by atoms with Gasteiger partial charge in [-0.2, -0.15) is 0 Å². The summed E-state index contributed by atoms with van der Waals surface area (Å²) in [6, 6.07) is -0.642. The number of rotatable bonds is 4. The summed E-state index contributed by atoms with van der Waals surface area (Å²) in [7, 11) is 1.75. The molecule has 2 atom stereocenters. The minimum absolute atomic E-state index is 0.155. The normalized spacial score (nSPS) is 21.4. The van der Waals surface area contributed by atoms with Crippen LogP contribution in [0.25, 0.3) is 0 Å². The highest BCUT2D eigenvalue weighted by atomic mass is 16.4. The average Bonchev–Trinajstić information content (AvgIpc) is 2.76. The lowest BCUT2D eigenvalue weighted by atomic mass is 10.2. The highest BCUT2D eigenvalue weighted by Gasteiger charge is 2.36. The molecular weight excluding hydrogens is 220 g/mol. The average molecular weight is 242 g/mol. The van der Waals surface area contributed by atoms with Crippen LogP contribution >= 0.6 is 0 Å². The van der Waals surface area contributed by atoms with Crippen molar-refractivity contribution in [2.24, 2.45) is 0 Å². The third-order valence-corrected chi connectivity index (χ3v) is 3.45. The van der Waals surface area contributed by atoms with Crippen LogP contribution < -0.4 is 0 Å². The van der Waals surface area contributed by atoms with Gasteiger partial charge in [-0.3, -0.25) is 0 Å². The Kier molecular flexibility index (Phi) is 4.78. The smallest absolute Gasteiger partial charge is 0.326 e. The maximum absolute atomic E-state index is 12.2. The van der Waals surface area contributed by atoms with Gasteiger partial charge in [-0.15, -0.1) is 0 Å². The molecule has 0 aliphatic carbocycles. The number of hydrogen-bond acceptors (Lipinski definition) is 2. The van der Waals surface area contributed by atoms with E-state index in [1.165, 1.54) is 4.90 Å². The molecule has 5 heteroatoms. The topological polar surface area (TPSA) is 60.9 Å². The highest BCUT2D eigenvalue weighted by molar-refractivity contribution is 5.83. The fourth-order valence-electron chi connectivity index (χ4n) is 2.25. The number of carboxylic acid groups (broad SMARTS) is 1. The molecule has 0 spiro atoms. The van der Waals surface area contributed by atoms with E-state index in [0.29, 0.717) is 13.0 Å². The molecule has 1 saturated heterocycles. The zero-order valence-electron chi connectivity index (χ0n) is 10.8. The van der Waals surface area contributed by atoms with Crippen molar-refractivity contribution in [1.29, 1.82) is 0 Å². The van der Waals surface area contributed by atoms with Crippen LogP contribution in [0.1, 0.15) is 39.5 Å². The number of urea groups is 1. The van der Waals surface area contributed by atoms with E-state index in [0.717, 1.165) is 19.3 Å². The van der Waals surface area contributed by atoms with E-state index >= 15 is 0 Å². The molecule has 2 amide bonds. The van der Waals surface area contributed by atoms with Crippen molar-refractivity contribution in [3.05, 3.63) is 0 Å². The predicted octanol–water partition coefficient (Wildman–Crippen LogP) is 1.78. The number of nitrogens with zero attached hydrogens (tertiary/aromatic N) is 2. The van der Waals surface area contributed by atoms with Crippen LogP contribution in [0, 0.1) is 0 Å². The number of amides is 2. The predicted molar refractivity (Wildman–Crippen MR) is 64.9 cm³/mol. The summed E-state index contributed by atoms with van der Waals surface area (Å²) in [6.07, 6.45) is 3.30.